The van der Waals surface area contributed by atoms with Crippen molar-refractivity contribution in [3.05, 3.63) is 47.5 Å². The maximum atomic E-state index is 13.1. The monoisotopic (exact) mass is 588 g/mol. The third kappa shape index (κ3) is 6.17. The third-order valence-electron chi connectivity index (χ3n) is 8.87. The van der Waals surface area contributed by atoms with Crippen LogP contribution >= 0.6 is 0 Å². The van der Waals surface area contributed by atoms with Gasteiger partial charge in [0.05, 0.1) is 61.0 Å². The summed E-state index contributed by atoms with van der Waals surface area (Å²) < 4.78 is 23.1. The van der Waals surface area contributed by atoms with Crippen molar-refractivity contribution in [1.29, 1.82) is 0 Å². The number of unbranched alkanes of at least 4 members (excludes halogenated alkanes) is 4. The van der Waals surface area contributed by atoms with E-state index in [0.717, 1.165) is 44.9 Å². The molecule has 2 amide bonds. The van der Waals surface area contributed by atoms with Crippen molar-refractivity contribution in [2.24, 2.45) is 9.98 Å². The highest BCUT2D eigenvalue weighted by molar-refractivity contribution is 6.04. The number of fused-ring (bicyclic) bond motifs is 4. The molecule has 2 fully saturated rings. The standard InChI is InChI=1S/C33H40N4O6/c1-40-22-8-10-24-26(18-22)34-20-28-30(12-14-36(28)32(24)38)42-16-6-4-3-5-7-17-43-31-13-15-37-29(31)21-35-27-19-23(41-2)9-11-25(27)33(37)39/h8-11,18-21,28-31H,3-7,12-17H2,1-2H3/t28-,29-,30?,31?/m0/s1. The summed E-state index contributed by atoms with van der Waals surface area (Å²) in [5, 5.41) is 0. The molecular weight excluding hydrogens is 548 g/mol. The molecule has 0 N–H and O–H groups in total. The van der Waals surface area contributed by atoms with Crippen LogP contribution in [0.1, 0.15) is 65.7 Å². The van der Waals surface area contributed by atoms with E-state index < -0.39 is 0 Å². The van der Waals surface area contributed by atoms with Gasteiger partial charge in [0.2, 0.25) is 0 Å². The molecule has 10 nitrogen and oxygen atoms in total. The van der Waals surface area contributed by atoms with Gasteiger partial charge in [-0.25, -0.2) is 0 Å². The maximum Gasteiger partial charge on any atom is 0.256 e. The van der Waals surface area contributed by atoms with E-state index in [1.165, 1.54) is 0 Å². The number of carbonyl (C=O) groups is 2. The molecule has 4 aliphatic rings. The van der Waals surface area contributed by atoms with Crippen molar-refractivity contribution in [3.63, 3.8) is 0 Å². The fraction of sp³-hybridized carbons (Fsp3) is 0.515. The van der Waals surface area contributed by atoms with Crippen LogP contribution in [0.15, 0.2) is 46.4 Å². The summed E-state index contributed by atoms with van der Waals surface area (Å²) in [6, 6.07) is 10.5. The van der Waals surface area contributed by atoms with Gasteiger partial charge in [-0.1, -0.05) is 19.3 Å². The van der Waals surface area contributed by atoms with Crippen LogP contribution in [0.3, 0.4) is 0 Å². The van der Waals surface area contributed by atoms with Crippen LogP contribution < -0.4 is 9.47 Å². The fourth-order valence-corrected chi connectivity index (χ4v) is 6.44. The van der Waals surface area contributed by atoms with E-state index in [1.54, 1.807) is 50.6 Å². The second kappa shape index (κ2) is 13.3. The number of aliphatic imine (C=N–C) groups is 2. The molecule has 0 spiro atoms. The van der Waals surface area contributed by atoms with Crippen LogP contribution in [0.5, 0.6) is 11.5 Å². The Balaban J connectivity index is 0.882. The van der Waals surface area contributed by atoms with Gasteiger partial charge in [0.25, 0.3) is 11.8 Å². The second-order valence-electron chi connectivity index (χ2n) is 11.5. The Morgan fingerprint density at radius 1 is 0.674 bits per heavy atom. The van der Waals surface area contributed by atoms with Crippen LogP contribution in [0.4, 0.5) is 11.4 Å². The molecule has 2 saturated heterocycles. The van der Waals surface area contributed by atoms with E-state index in [0.29, 0.717) is 60.3 Å². The molecule has 43 heavy (non-hydrogen) atoms. The van der Waals surface area contributed by atoms with Crippen LogP contribution in [0, 0.1) is 0 Å². The number of amides is 2. The molecule has 0 aliphatic carbocycles. The summed E-state index contributed by atoms with van der Waals surface area (Å²) >= 11 is 0. The first kappa shape index (κ1) is 29.3. The zero-order chi connectivity index (χ0) is 29.8. The molecule has 2 unspecified atom stereocenters. The van der Waals surface area contributed by atoms with Gasteiger partial charge >= 0.3 is 0 Å². The minimum absolute atomic E-state index is 0.00229. The van der Waals surface area contributed by atoms with Gasteiger partial charge in [-0.15, -0.1) is 0 Å². The largest absolute Gasteiger partial charge is 0.497 e. The average molecular weight is 589 g/mol. The van der Waals surface area contributed by atoms with Gasteiger partial charge in [-0.05, 0) is 49.9 Å². The van der Waals surface area contributed by atoms with Crippen molar-refractivity contribution >= 4 is 35.6 Å². The fourth-order valence-electron chi connectivity index (χ4n) is 6.44. The lowest BCUT2D eigenvalue weighted by Gasteiger charge is -2.24. The Morgan fingerprint density at radius 3 is 1.56 bits per heavy atom. The lowest BCUT2D eigenvalue weighted by molar-refractivity contribution is 0.0381. The molecule has 0 bridgehead atoms. The third-order valence-corrected chi connectivity index (χ3v) is 8.87. The molecule has 0 saturated carbocycles. The highest BCUT2D eigenvalue weighted by Crippen LogP contribution is 2.34. The zero-order valence-corrected chi connectivity index (χ0v) is 24.9. The van der Waals surface area contributed by atoms with Crippen molar-refractivity contribution in [3.8, 4) is 11.5 Å². The quantitative estimate of drug-likeness (QED) is 0.324. The van der Waals surface area contributed by atoms with E-state index in [-0.39, 0.29) is 36.1 Å². The van der Waals surface area contributed by atoms with Crippen LogP contribution in [0.2, 0.25) is 0 Å². The molecule has 4 heterocycles. The van der Waals surface area contributed by atoms with Crippen molar-refractivity contribution in [2.45, 2.75) is 69.2 Å². The minimum Gasteiger partial charge on any atom is -0.497 e. The van der Waals surface area contributed by atoms with Gasteiger partial charge < -0.3 is 28.7 Å². The predicted octanol–water partition coefficient (Wildman–Crippen LogP) is 4.99. The number of hydrogen-bond acceptors (Lipinski definition) is 8. The molecule has 228 valence electrons. The van der Waals surface area contributed by atoms with Gasteiger partial charge in [0.1, 0.15) is 11.5 Å². The summed E-state index contributed by atoms with van der Waals surface area (Å²) in [7, 11) is 3.22. The molecule has 0 aromatic heterocycles. The number of carbonyl (C=O) groups excluding carboxylic acids is 2. The summed E-state index contributed by atoms with van der Waals surface area (Å²) in [4.78, 5) is 39.2. The van der Waals surface area contributed by atoms with Crippen LogP contribution in [0.25, 0.3) is 0 Å². The number of hydrogen-bond donors (Lipinski definition) is 0. The topological polar surface area (TPSA) is 102 Å². The van der Waals surface area contributed by atoms with Crippen molar-refractivity contribution in [1.82, 2.24) is 9.80 Å². The number of ether oxygens (including phenoxy) is 4. The number of rotatable bonds is 12. The first-order valence-corrected chi connectivity index (χ1v) is 15.4. The first-order valence-electron chi connectivity index (χ1n) is 15.4. The summed E-state index contributed by atoms with van der Waals surface area (Å²) in [6.07, 6.45) is 10.5. The maximum absolute atomic E-state index is 13.1. The molecule has 6 rings (SSSR count). The molecule has 2 aromatic rings. The summed E-state index contributed by atoms with van der Waals surface area (Å²) in [6.45, 7) is 2.70. The Bertz CT molecular complexity index is 1290. The highest BCUT2D eigenvalue weighted by Gasteiger charge is 2.40. The van der Waals surface area contributed by atoms with E-state index in [2.05, 4.69) is 9.98 Å². The van der Waals surface area contributed by atoms with E-state index in [4.69, 9.17) is 18.9 Å². The normalized spacial score (nSPS) is 23.9. The second-order valence-corrected chi connectivity index (χ2v) is 11.5. The van der Waals surface area contributed by atoms with Crippen molar-refractivity contribution < 1.29 is 28.5 Å². The first-order chi connectivity index (χ1) is 21.1. The van der Waals surface area contributed by atoms with Crippen LogP contribution in [-0.2, 0) is 9.47 Å². The average Bonchev–Trinajstić information content (AvgIpc) is 3.56. The highest BCUT2D eigenvalue weighted by atomic mass is 16.5. The lowest BCUT2D eigenvalue weighted by atomic mass is 10.1. The summed E-state index contributed by atoms with van der Waals surface area (Å²) in [5.74, 6) is 1.38. The minimum atomic E-state index is -0.139. The molecule has 2 aromatic carbocycles. The Hall–Kier alpha value is -3.76. The molecule has 4 aliphatic heterocycles. The van der Waals surface area contributed by atoms with E-state index in [1.807, 2.05) is 22.2 Å². The number of nitrogens with zero attached hydrogens (tertiary/aromatic N) is 4. The zero-order valence-electron chi connectivity index (χ0n) is 24.9. The lowest BCUT2D eigenvalue weighted by Crippen LogP contribution is -2.40. The van der Waals surface area contributed by atoms with Crippen molar-refractivity contribution in [2.75, 3.05) is 40.5 Å². The number of benzene rings is 2. The Morgan fingerprint density at radius 2 is 1.12 bits per heavy atom. The van der Waals surface area contributed by atoms with E-state index in [9.17, 15) is 9.59 Å². The smallest absolute Gasteiger partial charge is 0.256 e. The van der Waals surface area contributed by atoms with Gasteiger partial charge in [-0.2, -0.15) is 0 Å². The van der Waals surface area contributed by atoms with Gasteiger partial charge in [-0.3, -0.25) is 19.6 Å². The molecular formula is C33H40N4O6. The van der Waals surface area contributed by atoms with E-state index >= 15 is 0 Å². The molecule has 10 heteroatoms. The molecule has 4 atom stereocenters. The summed E-state index contributed by atoms with van der Waals surface area (Å²) in [5.41, 5.74) is 2.51. The number of methoxy groups -OCH3 is 2. The van der Waals surface area contributed by atoms with Crippen LogP contribution in [-0.4, -0.2) is 98.9 Å². The SMILES string of the molecule is COc1ccc2c(c1)N=C[C@H]1C(OCCCCCCCOC3CCN4C(=O)c5ccc(OC)cc5N=C[C@@H]34)CCN1C2=O. The Labute approximate surface area is 252 Å². The van der Waals surface area contributed by atoms with Gasteiger partial charge in [0.15, 0.2) is 0 Å². The van der Waals surface area contributed by atoms with Gasteiger partial charge in [0, 0.05) is 50.9 Å². The predicted molar refractivity (Wildman–Crippen MR) is 164 cm³/mol. The molecule has 0 radical (unpaired) electrons. The Kier molecular flexibility index (Phi) is 9.04.